The van der Waals surface area contributed by atoms with Crippen LogP contribution in [0.1, 0.15) is 44.9 Å². The molecule has 2 aliphatic carbocycles. The molecule has 0 aliphatic heterocycles. The summed E-state index contributed by atoms with van der Waals surface area (Å²) < 4.78 is 10.1. The number of aliphatic hydroxyl groups is 2. The predicted octanol–water partition coefficient (Wildman–Crippen LogP) is 0.770. The Morgan fingerprint density at radius 1 is 1.28 bits per heavy atom. The summed E-state index contributed by atoms with van der Waals surface area (Å²) in [7, 11) is 1.56. The van der Waals surface area contributed by atoms with Gasteiger partial charge in [-0.15, -0.1) is 0 Å². The zero-order valence-electron chi connectivity index (χ0n) is 11.3. The monoisotopic (exact) mass is 261 g/mol. The van der Waals surface area contributed by atoms with Crippen molar-refractivity contribution in [3.8, 4) is 0 Å². The molecule has 0 aromatic rings. The lowest BCUT2D eigenvalue weighted by Crippen LogP contribution is -2.25. The van der Waals surface area contributed by atoms with Crippen LogP contribution >= 0.6 is 0 Å². The smallest absolute Gasteiger partial charge is 0.165 e. The van der Waals surface area contributed by atoms with Gasteiger partial charge in [-0.1, -0.05) is 0 Å². The first-order valence-electron chi connectivity index (χ1n) is 6.85. The van der Waals surface area contributed by atoms with Crippen molar-refractivity contribution in [3.05, 3.63) is 0 Å². The molecule has 0 amide bonds. The third-order valence-corrected chi connectivity index (χ3v) is 3.63. The van der Waals surface area contributed by atoms with Gasteiger partial charge < -0.3 is 25.4 Å². The minimum absolute atomic E-state index is 0.117. The molecule has 2 atom stereocenters. The van der Waals surface area contributed by atoms with Crippen LogP contribution in [0.3, 0.4) is 0 Å². The first kappa shape index (κ1) is 15.9. The Kier molecular flexibility index (Phi) is 7.11. The maximum atomic E-state index is 9.28. The second-order valence-electron chi connectivity index (χ2n) is 5.15. The molecular formula is C13H27NO4. The van der Waals surface area contributed by atoms with Crippen LogP contribution in [0.5, 0.6) is 0 Å². The number of nitrogens with two attached hydrogens (primary N) is 1. The summed E-state index contributed by atoms with van der Waals surface area (Å²) in [6.07, 6.45) is 7.21. The van der Waals surface area contributed by atoms with Crippen molar-refractivity contribution in [1.29, 1.82) is 0 Å². The van der Waals surface area contributed by atoms with Gasteiger partial charge >= 0.3 is 0 Å². The van der Waals surface area contributed by atoms with Crippen LogP contribution in [0, 0.1) is 0 Å². The lowest BCUT2D eigenvalue weighted by Gasteiger charge is -2.18. The van der Waals surface area contributed by atoms with Crippen molar-refractivity contribution in [1.82, 2.24) is 0 Å². The van der Waals surface area contributed by atoms with Gasteiger partial charge in [0.05, 0.1) is 19.3 Å². The molecule has 5 heteroatoms. The van der Waals surface area contributed by atoms with Crippen molar-refractivity contribution < 1.29 is 19.7 Å². The van der Waals surface area contributed by atoms with Gasteiger partial charge in [-0.2, -0.15) is 0 Å². The molecule has 0 bridgehead atoms. The Hall–Kier alpha value is -0.200. The standard InChI is InChI=1S/C7H15NO2.C6H12O2/c8-6-1-2-7(5-6)10-4-3-9;1-8-6(7)4-2-3-5-6/h6-7,9H,1-5,8H2;7H,2-5H2,1H3. The topological polar surface area (TPSA) is 84.9 Å². The molecule has 0 saturated heterocycles. The molecule has 0 heterocycles. The van der Waals surface area contributed by atoms with Crippen molar-refractivity contribution >= 4 is 0 Å². The molecule has 2 rings (SSSR count). The third-order valence-electron chi connectivity index (χ3n) is 3.63. The van der Waals surface area contributed by atoms with Crippen molar-refractivity contribution in [2.75, 3.05) is 20.3 Å². The Morgan fingerprint density at radius 3 is 2.33 bits per heavy atom. The molecule has 2 fully saturated rings. The molecule has 0 radical (unpaired) electrons. The zero-order chi connectivity index (χ0) is 13.4. The van der Waals surface area contributed by atoms with E-state index in [1.807, 2.05) is 0 Å². The Bertz CT molecular complexity index is 219. The largest absolute Gasteiger partial charge is 0.394 e. The lowest BCUT2D eigenvalue weighted by atomic mass is 10.2. The molecule has 18 heavy (non-hydrogen) atoms. The maximum absolute atomic E-state index is 9.28. The van der Waals surface area contributed by atoms with Crippen LogP contribution in [0.4, 0.5) is 0 Å². The molecule has 0 aromatic heterocycles. The lowest BCUT2D eigenvalue weighted by molar-refractivity contribution is -0.178. The van der Waals surface area contributed by atoms with E-state index in [1.54, 1.807) is 7.11 Å². The summed E-state index contributed by atoms with van der Waals surface area (Å²) in [6.45, 7) is 0.573. The van der Waals surface area contributed by atoms with Crippen molar-refractivity contribution in [3.63, 3.8) is 0 Å². The van der Waals surface area contributed by atoms with E-state index in [-0.39, 0.29) is 6.61 Å². The zero-order valence-corrected chi connectivity index (χ0v) is 11.3. The van der Waals surface area contributed by atoms with Crippen LogP contribution in [-0.4, -0.2) is 48.5 Å². The maximum Gasteiger partial charge on any atom is 0.165 e. The average molecular weight is 261 g/mol. The van der Waals surface area contributed by atoms with Crippen LogP contribution in [-0.2, 0) is 9.47 Å². The van der Waals surface area contributed by atoms with E-state index in [0.29, 0.717) is 18.8 Å². The molecule has 2 saturated carbocycles. The van der Waals surface area contributed by atoms with Crippen LogP contribution in [0.15, 0.2) is 0 Å². The van der Waals surface area contributed by atoms with Crippen molar-refractivity contribution in [2.45, 2.75) is 62.9 Å². The fourth-order valence-electron chi connectivity index (χ4n) is 2.48. The van der Waals surface area contributed by atoms with E-state index >= 15 is 0 Å². The number of rotatable bonds is 4. The van der Waals surface area contributed by atoms with Gasteiger partial charge in [0, 0.05) is 26.0 Å². The quantitative estimate of drug-likeness (QED) is 0.651. The van der Waals surface area contributed by atoms with Gasteiger partial charge in [-0.25, -0.2) is 0 Å². The first-order valence-corrected chi connectivity index (χ1v) is 6.85. The molecular weight excluding hydrogens is 234 g/mol. The summed E-state index contributed by atoms with van der Waals surface area (Å²) in [5, 5.41) is 17.7. The normalized spacial score (nSPS) is 30.0. The van der Waals surface area contributed by atoms with Gasteiger partial charge in [0.25, 0.3) is 0 Å². The second kappa shape index (κ2) is 8.07. The minimum atomic E-state index is -0.764. The number of hydrogen-bond donors (Lipinski definition) is 3. The predicted molar refractivity (Wildman–Crippen MR) is 69.1 cm³/mol. The third kappa shape index (κ3) is 5.63. The van der Waals surface area contributed by atoms with E-state index in [0.717, 1.165) is 44.9 Å². The highest BCUT2D eigenvalue weighted by atomic mass is 16.6. The van der Waals surface area contributed by atoms with Gasteiger partial charge in [0.2, 0.25) is 0 Å². The highest BCUT2D eigenvalue weighted by molar-refractivity contribution is 4.77. The number of ether oxygens (including phenoxy) is 2. The van der Waals surface area contributed by atoms with E-state index in [1.165, 1.54) is 0 Å². The van der Waals surface area contributed by atoms with E-state index in [4.69, 9.17) is 20.3 Å². The summed E-state index contributed by atoms with van der Waals surface area (Å²) >= 11 is 0. The average Bonchev–Trinajstić information content (AvgIpc) is 2.97. The van der Waals surface area contributed by atoms with Crippen LogP contribution < -0.4 is 5.73 Å². The molecule has 4 N–H and O–H groups in total. The molecule has 0 aromatic carbocycles. The Balaban J connectivity index is 0.000000184. The molecule has 2 aliphatic rings. The number of hydrogen-bond acceptors (Lipinski definition) is 5. The Labute approximate surface area is 109 Å². The molecule has 2 unspecified atom stereocenters. The van der Waals surface area contributed by atoms with Crippen LogP contribution in [0.2, 0.25) is 0 Å². The molecule has 5 nitrogen and oxygen atoms in total. The summed E-state index contributed by atoms with van der Waals surface area (Å²) in [5.74, 6) is -0.764. The van der Waals surface area contributed by atoms with E-state index in [2.05, 4.69) is 0 Å². The van der Waals surface area contributed by atoms with E-state index in [9.17, 15) is 5.11 Å². The molecule has 0 spiro atoms. The van der Waals surface area contributed by atoms with Crippen molar-refractivity contribution in [2.24, 2.45) is 5.73 Å². The SMILES string of the molecule is COC1(O)CCCC1.NC1CCC(OCCO)C1. The number of aliphatic hydroxyl groups excluding tert-OH is 1. The number of methoxy groups -OCH3 is 1. The summed E-state index contributed by atoms with van der Waals surface area (Å²) in [5.41, 5.74) is 5.65. The minimum Gasteiger partial charge on any atom is -0.394 e. The van der Waals surface area contributed by atoms with Gasteiger partial charge in [0.15, 0.2) is 5.79 Å². The fraction of sp³-hybridized carbons (Fsp3) is 1.00. The Morgan fingerprint density at radius 2 is 1.94 bits per heavy atom. The summed E-state index contributed by atoms with van der Waals surface area (Å²) in [6, 6.07) is 0.323. The summed E-state index contributed by atoms with van der Waals surface area (Å²) in [4.78, 5) is 0. The highest BCUT2D eigenvalue weighted by Gasteiger charge is 2.30. The van der Waals surface area contributed by atoms with Gasteiger partial charge in [-0.3, -0.25) is 0 Å². The molecule has 108 valence electrons. The van der Waals surface area contributed by atoms with Crippen LogP contribution in [0.25, 0.3) is 0 Å². The van der Waals surface area contributed by atoms with Gasteiger partial charge in [-0.05, 0) is 32.1 Å². The van der Waals surface area contributed by atoms with Gasteiger partial charge in [0.1, 0.15) is 0 Å². The first-order chi connectivity index (χ1) is 8.59. The second-order valence-corrected chi connectivity index (χ2v) is 5.15. The van der Waals surface area contributed by atoms with E-state index < -0.39 is 5.79 Å². The highest BCUT2D eigenvalue weighted by Crippen LogP contribution is 2.29. The fourth-order valence-corrected chi connectivity index (χ4v) is 2.48.